The number of alkyl carbamates (subject to hydrolysis) is 1. The van der Waals surface area contributed by atoms with E-state index in [1.165, 1.54) is 0 Å². The second-order valence-electron chi connectivity index (χ2n) is 5.79. The molecule has 0 saturated heterocycles. The van der Waals surface area contributed by atoms with E-state index in [4.69, 9.17) is 11.2 Å². The summed E-state index contributed by atoms with van der Waals surface area (Å²) in [6.45, 7) is 5.49. The van der Waals surface area contributed by atoms with E-state index >= 15 is 0 Å². The highest BCUT2D eigenvalue weighted by Crippen LogP contribution is 2.28. The molecule has 18 heavy (non-hydrogen) atoms. The van der Waals surface area contributed by atoms with Crippen LogP contribution in [0.1, 0.15) is 46.5 Å². The van der Waals surface area contributed by atoms with E-state index in [-0.39, 0.29) is 17.7 Å². The van der Waals surface area contributed by atoms with Gasteiger partial charge in [0.2, 0.25) is 5.78 Å². The van der Waals surface area contributed by atoms with Crippen LogP contribution in [0.4, 0.5) is 4.79 Å². The highest BCUT2D eigenvalue weighted by molar-refractivity contribution is 5.94. The van der Waals surface area contributed by atoms with Gasteiger partial charge in [-0.1, -0.05) is 0 Å². The van der Waals surface area contributed by atoms with E-state index in [2.05, 4.69) is 11.2 Å². The number of carbonyl (C=O) groups is 2. The van der Waals surface area contributed by atoms with E-state index in [1.807, 2.05) is 20.8 Å². The quantitative estimate of drug-likeness (QED) is 0.618. The Kier molecular flexibility index (Phi) is 4.77. The normalized spacial score (nSPS) is 23.2. The first-order chi connectivity index (χ1) is 8.30. The van der Waals surface area contributed by atoms with Crippen LogP contribution in [0.15, 0.2) is 0 Å². The lowest BCUT2D eigenvalue weighted by Crippen LogP contribution is -2.38. The Labute approximate surface area is 108 Å². The Morgan fingerprint density at radius 2 is 2.06 bits per heavy atom. The Morgan fingerprint density at radius 3 is 2.61 bits per heavy atom. The van der Waals surface area contributed by atoms with E-state index in [9.17, 15) is 9.59 Å². The molecule has 1 saturated carbocycles. The first kappa shape index (κ1) is 14.6. The van der Waals surface area contributed by atoms with Crippen LogP contribution < -0.4 is 5.32 Å². The van der Waals surface area contributed by atoms with Gasteiger partial charge in [-0.25, -0.2) is 4.79 Å². The van der Waals surface area contributed by atoms with Crippen LogP contribution in [-0.4, -0.2) is 23.5 Å². The molecule has 4 nitrogen and oxygen atoms in total. The zero-order chi connectivity index (χ0) is 13.8. The summed E-state index contributed by atoms with van der Waals surface area (Å²) in [5.41, 5.74) is -0.485. The van der Waals surface area contributed by atoms with Gasteiger partial charge in [-0.2, -0.15) is 0 Å². The summed E-state index contributed by atoms with van der Waals surface area (Å²) in [4.78, 5) is 22.7. The molecule has 1 amide bonds. The minimum absolute atomic E-state index is 0.0930. The number of ether oxygens (including phenoxy) is 1. The zero-order valence-electron chi connectivity index (χ0n) is 11.3. The predicted octanol–water partition coefficient (Wildman–Crippen LogP) is 2.27. The van der Waals surface area contributed by atoms with Gasteiger partial charge in [0.1, 0.15) is 5.60 Å². The highest BCUT2D eigenvalue weighted by atomic mass is 16.6. The van der Waals surface area contributed by atoms with Crippen molar-refractivity contribution in [2.75, 3.05) is 0 Å². The molecule has 0 aromatic rings. The van der Waals surface area contributed by atoms with Gasteiger partial charge < -0.3 is 10.1 Å². The fourth-order valence-corrected chi connectivity index (χ4v) is 2.19. The van der Waals surface area contributed by atoms with Crippen molar-refractivity contribution in [3.8, 4) is 12.3 Å². The van der Waals surface area contributed by atoms with Gasteiger partial charge in [-0.15, -0.1) is 6.42 Å². The summed E-state index contributed by atoms with van der Waals surface area (Å²) in [6, 6.07) is 0.0930. The van der Waals surface area contributed by atoms with Crippen LogP contribution in [0.5, 0.6) is 0 Å². The number of terminal acetylenes is 1. The summed E-state index contributed by atoms with van der Waals surface area (Å²) in [6.07, 6.45) is 7.67. The van der Waals surface area contributed by atoms with Crippen LogP contribution in [0, 0.1) is 18.3 Å². The van der Waals surface area contributed by atoms with Gasteiger partial charge in [0.15, 0.2) is 0 Å². The molecule has 2 atom stereocenters. The van der Waals surface area contributed by atoms with Crippen molar-refractivity contribution >= 4 is 11.9 Å². The number of amides is 1. The van der Waals surface area contributed by atoms with Crippen LogP contribution in [-0.2, 0) is 9.53 Å². The Hall–Kier alpha value is -1.50. The molecule has 1 rings (SSSR count). The summed E-state index contributed by atoms with van der Waals surface area (Å²) in [5, 5.41) is 2.83. The maximum Gasteiger partial charge on any atom is 0.407 e. The number of nitrogens with one attached hydrogen (secondary N) is 1. The number of rotatable bonds is 3. The fraction of sp³-hybridized carbons (Fsp3) is 0.714. The maximum absolute atomic E-state index is 11.6. The number of ketones is 1. The molecule has 0 aliphatic heterocycles. The minimum atomic E-state index is -0.485. The SMILES string of the molecule is C#CC(=O)CC1CCC(NC(=O)OC(C)(C)C)C1. The van der Waals surface area contributed by atoms with Gasteiger partial charge in [0, 0.05) is 12.5 Å². The smallest absolute Gasteiger partial charge is 0.407 e. The van der Waals surface area contributed by atoms with E-state index < -0.39 is 11.7 Å². The molecule has 0 spiro atoms. The Balaban J connectivity index is 2.33. The summed E-state index contributed by atoms with van der Waals surface area (Å²) >= 11 is 0. The molecule has 0 radical (unpaired) electrons. The number of hydrogen-bond donors (Lipinski definition) is 1. The lowest BCUT2D eigenvalue weighted by molar-refractivity contribution is -0.114. The van der Waals surface area contributed by atoms with Gasteiger partial charge >= 0.3 is 6.09 Å². The molecule has 2 unspecified atom stereocenters. The van der Waals surface area contributed by atoms with Gasteiger partial charge in [0.25, 0.3) is 0 Å². The molecule has 0 aromatic carbocycles. The second-order valence-corrected chi connectivity index (χ2v) is 5.79. The largest absolute Gasteiger partial charge is 0.444 e. The molecule has 0 bridgehead atoms. The van der Waals surface area contributed by atoms with Crippen LogP contribution >= 0.6 is 0 Å². The van der Waals surface area contributed by atoms with Crippen molar-refractivity contribution < 1.29 is 14.3 Å². The Morgan fingerprint density at radius 1 is 1.39 bits per heavy atom. The molecule has 1 fully saturated rings. The number of hydrogen-bond acceptors (Lipinski definition) is 3. The third-order valence-electron chi connectivity index (χ3n) is 2.90. The third-order valence-corrected chi connectivity index (χ3v) is 2.90. The molecule has 4 heteroatoms. The van der Waals surface area contributed by atoms with E-state index in [0.29, 0.717) is 6.42 Å². The van der Waals surface area contributed by atoms with Crippen LogP contribution in [0.2, 0.25) is 0 Å². The topological polar surface area (TPSA) is 55.4 Å². The molecule has 0 aromatic heterocycles. The average molecular weight is 251 g/mol. The van der Waals surface area contributed by atoms with Gasteiger partial charge in [-0.05, 0) is 51.9 Å². The fourth-order valence-electron chi connectivity index (χ4n) is 2.19. The Bertz CT molecular complexity index is 362. The molecular formula is C14H21NO3. The lowest BCUT2D eigenvalue weighted by atomic mass is 10.0. The second kappa shape index (κ2) is 5.90. The highest BCUT2D eigenvalue weighted by Gasteiger charge is 2.28. The minimum Gasteiger partial charge on any atom is -0.444 e. The molecule has 1 N–H and O–H groups in total. The average Bonchev–Trinajstić information content (AvgIpc) is 2.62. The van der Waals surface area contributed by atoms with E-state index in [0.717, 1.165) is 19.3 Å². The summed E-state index contributed by atoms with van der Waals surface area (Å²) in [5.74, 6) is 2.26. The van der Waals surface area contributed by atoms with Crippen molar-refractivity contribution in [2.24, 2.45) is 5.92 Å². The van der Waals surface area contributed by atoms with Crippen molar-refractivity contribution in [1.29, 1.82) is 0 Å². The van der Waals surface area contributed by atoms with Gasteiger partial charge in [0.05, 0.1) is 0 Å². The summed E-state index contributed by atoms with van der Waals surface area (Å²) < 4.78 is 5.19. The molecule has 1 aliphatic carbocycles. The van der Waals surface area contributed by atoms with Crippen molar-refractivity contribution in [3.63, 3.8) is 0 Å². The van der Waals surface area contributed by atoms with Crippen molar-refractivity contribution in [2.45, 2.75) is 58.1 Å². The molecule has 100 valence electrons. The molecule has 0 heterocycles. The number of Topliss-reactive ketones (excluding diaryl/α,β-unsaturated/α-hetero) is 1. The van der Waals surface area contributed by atoms with Crippen LogP contribution in [0.3, 0.4) is 0 Å². The number of carbonyl (C=O) groups excluding carboxylic acids is 2. The predicted molar refractivity (Wildman–Crippen MR) is 69.0 cm³/mol. The third kappa shape index (κ3) is 5.22. The van der Waals surface area contributed by atoms with Crippen LogP contribution in [0.25, 0.3) is 0 Å². The van der Waals surface area contributed by atoms with E-state index in [1.54, 1.807) is 0 Å². The van der Waals surface area contributed by atoms with Crippen molar-refractivity contribution in [1.82, 2.24) is 5.32 Å². The zero-order valence-corrected chi connectivity index (χ0v) is 11.3. The first-order valence-electron chi connectivity index (χ1n) is 6.29. The standard InChI is InChI=1S/C14H21NO3/c1-5-12(16)9-10-6-7-11(8-10)15-13(17)18-14(2,3)4/h1,10-11H,6-9H2,2-4H3,(H,15,17). The van der Waals surface area contributed by atoms with Gasteiger partial charge in [-0.3, -0.25) is 4.79 Å². The van der Waals surface area contributed by atoms with Crippen molar-refractivity contribution in [3.05, 3.63) is 0 Å². The molecule has 1 aliphatic rings. The monoisotopic (exact) mass is 251 g/mol. The lowest BCUT2D eigenvalue weighted by Gasteiger charge is -2.21. The summed E-state index contributed by atoms with van der Waals surface area (Å²) in [7, 11) is 0. The maximum atomic E-state index is 11.6. The molecular weight excluding hydrogens is 230 g/mol. The first-order valence-corrected chi connectivity index (χ1v) is 6.29.